The molecule has 52 valence electrons. The van der Waals surface area contributed by atoms with Crippen molar-refractivity contribution in [3.05, 3.63) is 0 Å². The van der Waals surface area contributed by atoms with Gasteiger partial charge in [0.05, 0.1) is 0 Å². The summed E-state index contributed by atoms with van der Waals surface area (Å²) < 4.78 is 0. The van der Waals surface area contributed by atoms with Crippen LogP contribution >= 0.6 is 11.8 Å². The Balaban J connectivity index is 3.97. The van der Waals surface area contributed by atoms with Crippen LogP contribution in [0.15, 0.2) is 5.16 Å². The monoisotopic (exact) mass is 148 g/mol. The number of carbonyl (C=O) groups excluding carboxylic acids is 1. The topological polar surface area (TPSA) is 61.7 Å². The van der Waals surface area contributed by atoms with Gasteiger partial charge in [0, 0.05) is 7.05 Å². The van der Waals surface area contributed by atoms with Gasteiger partial charge in [0.15, 0.2) is 5.04 Å². The molecule has 0 rings (SSSR count). The van der Waals surface area contributed by atoms with Crippen molar-refractivity contribution < 1.29 is 10.0 Å². The predicted octanol–water partition coefficient (Wildman–Crippen LogP) is -0.117. The molecule has 9 heavy (non-hydrogen) atoms. The van der Waals surface area contributed by atoms with Crippen LogP contribution in [-0.4, -0.2) is 29.5 Å². The van der Waals surface area contributed by atoms with Crippen LogP contribution < -0.4 is 5.32 Å². The van der Waals surface area contributed by atoms with Crippen LogP contribution in [0, 0.1) is 0 Å². The second kappa shape index (κ2) is 4.20. The zero-order valence-corrected chi connectivity index (χ0v) is 6.03. The highest BCUT2D eigenvalue weighted by atomic mass is 32.2. The summed E-state index contributed by atoms with van der Waals surface area (Å²) >= 11 is 1.09. The summed E-state index contributed by atoms with van der Waals surface area (Å²) in [6.45, 7) is 0. The highest BCUT2D eigenvalue weighted by molar-refractivity contribution is 8.15. The molecule has 0 saturated heterocycles. The van der Waals surface area contributed by atoms with Gasteiger partial charge in [-0.1, -0.05) is 5.16 Å². The molecule has 0 saturated carbocycles. The molecular formula is C4H8N2O2S. The molecule has 1 amide bonds. The highest BCUT2D eigenvalue weighted by Crippen LogP contribution is 1.95. The maximum Gasteiger partial charge on any atom is 0.279 e. The third-order valence-electron chi connectivity index (χ3n) is 0.705. The SMILES string of the molecule is CNC(=O)/C(=N\O)SC. The molecule has 0 aromatic rings. The van der Waals surface area contributed by atoms with Gasteiger partial charge in [0.2, 0.25) is 0 Å². The summed E-state index contributed by atoms with van der Waals surface area (Å²) in [6, 6.07) is 0. The molecule has 0 heterocycles. The first-order valence-corrected chi connectivity index (χ1v) is 3.46. The average Bonchev–Trinajstić information content (AvgIpc) is 1.90. The van der Waals surface area contributed by atoms with Crippen molar-refractivity contribution >= 4 is 22.7 Å². The van der Waals surface area contributed by atoms with Gasteiger partial charge >= 0.3 is 0 Å². The fourth-order valence-electron chi connectivity index (χ4n) is 0.286. The first-order valence-electron chi connectivity index (χ1n) is 2.24. The van der Waals surface area contributed by atoms with Crippen LogP contribution in [0.4, 0.5) is 0 Å². The van der Waals surface area contributed by atoms with Crippen molar-refractivity contribution in [2.75, 3.05) is 13.3 Å². The zero-order valence-electron chi connectivity index (χ0n) is 5.21. The summed E-state index contributed by atoms with van der Waals surface area (Å²) in [7, 11) is 1.48. The molecule has 5 heteroatoms. The van der Waals surface area contributed by atoms with E-state index in [0.29, 0.717) is 0 Å². The number of rotatable bonds is 0. The molecule has 0 aromatic carbocycles. The summed E-state index contributed by atoms with van der Waals surface area (Å²) in [5, 5.41) is 13.3. The van der Waals surface area contributed by atoms with E-state index in [4.69, 9.17) is 5.21 Å². The third kappa shape index (κ3) is 2.36. The summed E-state index contributed by atoms with van der Waals surface area (Å²) in [6.07, 6.45) is 1.66. The molecule has 0 aromatic heterocycles. The largest absolute Gasteiger partial charge is 0.410 e. The molecular weight excluding hydrogens is 140 g/mol. The molecule has 0 atom stereocenters. The lowest BCUT2D eigenvalue weighted by Gasteiger charge is -1.95. The minimum absolute atomic E-state index is 0.0671. The molecule has 0 radical (unpaired) electrons. The zero-order chi connectivity index (χ0) is 7.28. The lowest BCUT2D eigenvalue weighted by atomic mass is 10.7. The molecule has 0 aliphatic carbocycles. The number of hydrogen-bond acceptors (Lipinski definition) is 4. The van der Waals surface area contributed by atoms with Crippen LogP contribution in [0.3, 0.4) is 0 Å². The minimum Gasteiger partial charge on any atom is -0.410 e. The molecule has 0 aliphatic rings. The maximum absolute atomic E-state index is 10.6. The average molecular weight is 148 g/mol. The van der Waals surface area contributed by atoms with E-state index in [9.17, 15) is 4.79 Å². The van der Waals surface area contributed by atoms with Crippen LogP contribution in [0.25, 0.3) is 0 Å². The minimum atomic E-state index is -0.370. The van der Waals surface area contributed by atoms with E-state index in [2.05, 4.69) is 10.5 Å². The number of oxime groups is 1. The Hall–Kier alpha value is -0.710. The lowest BCUT2D eigenvalue weighted by molar-refractivity contribution is -0.114. The fourth-order valence-corrected chi connectivity index (χ4v) is 0.655. The summed E-state index contributed by atoms with van der Waals surface area (Å²) in [5.41, 5.74) is 0. The van der Waals surface area contributed by atoms with Gasteiger partial charge in [-0.3, -0.25) is 4.79 Å². The van der Waals surface area contributed by atoms with Crippen molar-refractivity contribution in [3.8, 4) is 0 Å². The van der Waals surface area contributed by atoms with E-state index in [1.54, 1.807) is 6.26 Å². The Bertz CT molecular complexity index is 135. The maximum atomic E-state index is 10.6. The number of carbonyl (C=O) groups is 1. The number of amides is 1. The van der Waals surface area contributed by atoms with E-state index in [-0.39, 0.29) is 11.0 Å². The van der Waals surface area contributed by atoms with Crippen LogP contribution in [0.2, 0.25) is 0 Å². The normalized spacial score (nSPS) is 11.1. The number of nitrogens with one attached hydrogen (secondary N) is 1. The van der Waals surface area contributed by atoms with Gasteiger partial charge in [-0.25, -0.2) is 0 Å². The van der Waals surface area contributed by atoms with Gasteiger partial charge < -0.3 is 10.5 Å². The number of thioether (sulfide) groups is 1. The molecule has 0 unspecified atom stereocenters. The Morgan fingerprint density at radius 1 is 1.78 bits per heavy atom. The Kier molecular flexibility index (Phi) is 3.87. The standard InChI is InChI=1S/C4H8N2O2S/c1-5-3(7)4(6-8)9-2/h8H,1-2H3,(H,5,7)/b6-4+. The molecule has 0 aliphatic heterocycles. The van der Waals surface area contributed by atoms with Crippen LogP contribution in [0.5, 0.6) is 0 Å². The van der Waals surface area contributed by atoms with Crippen molar-refractivity contribution in [1.82, 2.24) is 5.32 Å². The van der Waals surface area contributed by atoms with E-state index in [1.165, 1.54) is 7.05 Å². The molecule has 0 fully saturated rings. The third-order valence-corrected chi connectivity index (χ3v) is 1.36. The van der Waals surface area contributed by atoms with Crippen molar-refractivity contribution in [3.63, 3.8) is 0 Å². The van der Waals surface area contributed by atoms with Gasteiger partial charge in [-0.15, -0.1) is 11.8 Å². The fraction of sp³-hybridized carbons (Fsp3) is 0.500. The van der Waals surface area contributed by atoms with Crippen molar-refractivity contribution in [2.24, 2.45) is 5.16 Å². The van der Waals surface area contributed by atoms with E-state index in [0.717, 1.165) is 11.8 Å². The molecule has 4 nitrogen and oxygen atoms in total. The van der Waals surface area contributed by atoms with Gasteiger partial charge in [-0.05, 0) is 6.26 Å². The smallest absolute Gasteiger partial charge is 0.279 e. The Labute approximate surface area is 57.3 Å². The highest BCUT2D eigenvalue weighted by Gasteiger charge is 2.06. The molecule has 0 bridgehead atoms. The summed E-state index contributed by atoms with van der Waals surface area (Å²) in [5.74, 6) is -0.370. The Morgan fingerprint density at radius 2 is 2.33 bits per heavy atom. The lowest BCUT2D eigenvalue weighted by Crippen LogP contribution is -2.25. The molecule has 2 N–H and O–H groups in total. The molecule has 0 spiro atoms. The van der Waals surface area contributed by atoms with E-state index in [1.807, 2.05) is 0 Å². The number of nitrogens with zero attached hydrogens (tertiary/aromatic N) is 1. The van der Waals surface area contributed by atoms with Crippen LogP contribution in [0.1, 0.15) is 0 Å². The van der Waals surface area contributed by atoms with Gasteiger partial charge in [-0.2, -0.15) is 0 Å². The van der Waals surface area contributed by atoms with Crippen molar-refractivity contribution in [1.29, 1.82) is 0 Å². The van der Waals surface area contributed by atoms with Crippen molar-refractivity contribution in [2.45, 2.75) is 0 Å². The predicted molar refractivity (Wildman–Crippen MR) is 36.8 cm³/mol. The van der Waals surface area contributed by atoms with Gasteiger partial charge in [0.25, 0.3) is 5.91 Å². The Morgan fingerprint density at radius 3 is 2.44 bits per heavy atom. The van der Waals surface area contributed by atoms with E-state index < -0.39 is 0 Å². The van der Waals surface area contributed by atoms with Crippen LogP contribution in [-0.2, 0) is 4.79 Å². The number of hydrogen-bond donors (Lipinski definition) is 2. The summed E-state index contributed by atoms with van der Waals surface area (Å²) in [4.78, 5) is 10.6. The second-order valence-corrected chi connectivity index (χ2v) is 1.98. The van der Waals surface area contributed by atoms with E-state index >= 15 is 0 Å². The van der Waals surface area contributed by atoms with Gasteiger partial charge in [0.1, 0.15) is 0 Å². The quantitative estimate of drug-likeness (QED) is 0.218. The first kappa shape index (κ1) is 8.29. The second-order valence-electron chi connectivity index (χ2n) is 1.19. The first-order chi connectivity index (χ1) is 4.26.